The van der Waals surface area contributed by atoms with E-state index in [9.17, 15) is 9.59 Å². The summed E-state index contributed by atoms with van der Waals surface area (Å²) in [5.74, 6) is -0.741. The Kier molecular flexibility index (Phi) is 6.31. The molecule has 1 aliphatic heterocycles. The molecule has 8 heteroatoms. The molecule has 0 bridgehead atoms. The standard InChI is InChI=1S/C22H26N2O4S2/c1-21(2,3)28-19(26)16-14-11-22(4,5)27-12-15(14)30-18(16)24-20(29)23-17(25)13-9-7-6-8-10-13/h6-10H,11-12H2,1-5H3,(H2,23,24,25,29). The lowest BCUT2D eigenvalue weighted by Gasteiger charge is -2.30. The molecule has 3 rings (SSSR count). The molecule has 160 valence electrons. The molecule has 2 heterocycles. The number of amides is 1. The first-order valence-corrected chi connectivity index (χ1v) is 10.9. The van der Waals surface area contributed by atoms with Crippen molar-refractivity contribution in [1.82, 2.24) is 5.32 Å². The van der Waals surface area contributed by atoms with E-state index < -0.39 is 11.6 Å². The molecule has 30 heavy (non-hydrogen) atoms. The van der Waals surface area contributed by atoms with E-state index in [4.69, 9.17) is 21.7 Å². The number of hydrogen-bond donors (Lipinski definition) is 2. The van der Waals surface area contributed by atoms with Crippen molar-refractivity contribution in [2.45, 2.75) is 58.8 Å². The maximum atomic E-state index is 13.0. The molecule has 6 nitrogen and oxygen atoms in total. The summed E-state index contributed by atoms with van der Waals surface area (Å²) in [6.07, 6.45) is 0.582. The summed E-state index contributed by atoms with van der Waals surface area (Å²) in [4.78, 5) is 26.4. The normalized spacial score (nSPS) is 15.1. The van der Waals surface area contributed by atoms with Gasteiger partial charge in [-0.1, -0.05) is 18.2 Å². The maximum Gasteiger partial charge on any atom is 0.341 e. The van der Waals surface area contributed by atoms with Crippen molar-refractivity contribution in [1.29, 1.82) is 0 Å². The Labute approximate surface area is 186 Å². The van der Waals surface area contributed by atoms with E-state index in [0.29, 0.717) is 29.2 Å². The number of carbonyl (C=O) groups is 2. The summed E-state index contributed by atoms with van der Waals surface area (Å²) < 4.78 is 11.5. The van der Waals surface area contributed by atoms with Gasteiger partial charge in [0.2, 0.25) is 0 Å². The van der Waals surface area contributed by atoms with Crippen LogP contribution in [0, 0.1) is 0 Å². The number of ether oxygens (including phenoxy) is 2. The van der Waals surface area contributed by atoms with Crippen LogP contribution in [-0.4, -0.2) is 28.2 Å². The number of hydrogen-bond acceptors (Lipinski definition) is 6. The van der Waals surface area contributed by atoms with Crippen LogP contribution < -0.4 is 10.6 Å². The molecule has 0 saturated carbocycles. The highest BCUT2D eigenvalue weighted by Gasteiger charge is 2.35. The Hall–Kier alpha value is -2.29. The molecule has 0 spiro atoms. The minimum atomic E-state index is -0.633. The SMILES string of the molecule is CC(C)(C)OC(=O)c1c(NC(=S)NC(=O)c2ccccc2)sc2c1CC(C)(C)OC2. The lowest BCUT2D eigenvalue weighted by atomic mass is 9.93. The number of benzene rings is 1. The molecule has 2 aromatic rings. The largest absolute Gasteiger partial charge is 0.456 e. The minimum absolute atomic E-state index is 0.118. The average molecular weight is 447 g/mol. The van der Waals surface area contributed by atoms with E-state index in [1.54, 1.807) is 24.3 Å². The summed E-state index contributed by atoms with van der Waals surface area (Å²) in [7, 11) is 0. The van der Waals surface area contributed by atoms with E-state index >= 15 is 0 Å². The zero-order valence-electron chi connectivity index (χ0n) is 17.8. The van der Waals surface area contributed by atoms with Gasteiger partial charge in [0.1, 0.15) is 10.6 Å². The zero-order valence-corrected chi connectivity index (χ0v) is 19.4. The van der Waals surface area contributed by atoms with Crippen LogP contribution in [0.2, 0.25) is 0 Å². The topological polar surface area (TPSA) is 76.7 Å². The van der Waals surface area contributed by atoms with Crippen LogP contribution in [0.1, 0.15) is 65.8 Å². The molecule has 1 aliphatic rings. The summed E-state index contributed by atoms with van der Waals surface area (Å²) in [5, 5.41) is 6.35. The zero-order chi connectivity index (χ0) is 22.1. The first-order chi connectivity index (χ1) is 14.0. The number of rotatable bonds is 3. The van der Waals surface area contributed by atoms with Gasteiger partial charge in [-0.15, -0.1) is 11.3 Å². The Morgan fingerprint density at radius 2 is 1.87 bits per heavy atom. The predicted molar refractivity (Wildman–Crippen MR) is 122 cm³/mol. The highest BCUT2D eigenvalue weighted by molar-refractivity contribution is 7.80. The summed E-state index contributed by atoms with van der Waals surface area (Å²) in [6.45, 7) is 9.87. The number of fused-ring (bicyclic) bond motifs is 1. The van der Waals surface area contributed by atoms with Crippen molar-refractivity contribution in [3.63, 3.8) is 0 Å². The second kappa shape index (κ2) is 8.45. The van der Waals surface area contributed by atoms with Crippen LogP contribution in [-0.2, 0) is 22.5 Å². The van der Waals surface area contributed by atoms with E-state index in [1.807, 2.05) is 40.7 Å². The number of anilines is 1. The molecular weight excluding hydrogens is 420 g/mol. The molecular formula is C22H26N2O4S2. The Balaban J connectivity index is 1.86. The van der Waals surface area contributed by atoms with Gasteiger partial charge in [-0.25, -0.2) is 4.79 Å². The van der Waals surface area contributed by atoms with Crippen LogP contribution in [0.5, 0.6) is 0 Å². The van der Waals surface area contributed by atoms with Crippen LogP contribution in [0.4, 0.5) is 5.00 Å². The fourth-order valence-electron chi connectivity index (χ4n) is 3.09. The van der Waals surface area contributed by atoms with E-state index in [0.717, 1.165) is 10.4 Å². The Morgan fingerprint density at radius 3 is 2.50 bits per heavy atom. The van der Waals surface area contributed by atoms with Crippen molar-refractivity contribution in [3.8, 4) is 0 Å². The van der Waals surface area contributed by atoms with Gasteiger partial charge >= 0.3 is 5.97 Å². The molecule has 0 aliphatic carbocycles. The molecule has 1 aromatic carbocycles. The van der Waals surface area contributed by atoms with Crippen molar-refractivity contribution < 1.29 is 19.1 Å². The Morgan fingerprint density at radius 1 is 1.20 bits per heavy atom. The van der Waals surface area contributed by atoms with Gasteiger partial charge in [0, 0.05) is 16.9 Å². The number of thiocarbonyl (C=S) groups is 1. The van der Waals surface area contributed by atoms with Crippen molar-refractivity contribution in [2.24, 2.45) is 0 Å². The van der Waals surface area contributed by atoms with Crippen molar-refractivity contribution >= 4 is 45.5 Å². The highest BCUT2D eigenvalue weighted by atomic mass is 32.1. The second-order valence-corrected chi connectivity index (χ2v) is 10.2. The number of nitrogens with one attached hydrogen (secondary N) is 2. The molecule has 0 saturated heterocycles. The minimum Gasteiger partial charge on any atom is -0.456 e. The fraction of sp³-hybridized carbons (Fsp3) is 0.409. The molecule has 1 aromatic heterocycles. The van der Waals surface area contributed by atoms with Gasteiger partial charge in [0.25, 0.3) is 5.91 Å². The number of thiophene rings is 1. The fourth-order valence-corrected chi connectivity index (χ4v) is 4.47. The van der Waals surface area contributed by atoms with Crippen LogP contribution >= 0.6 is 23.6 Å². The molecule has 2 N–H and O–H groups in total. The molecule has 0 atom stereocenters. The van der Waals surface area contributed by atoms with Gasteiger partial charge in [0.05, 0.1) is 17.8 Å². The van der Waals surface area contributed by atoms with Gasteiger partial charge < -0.3 is 14.8 Å². The van der Waals surface area contributed by atoms with Gasteiger partial charge in [-0.3, -0.25) is 10.1 Å². The monoisotopic (exact) mass is 446 g/mol. The summed E-state index contributed by atoms with van der Waals surface area (Å²) in [6, 6.07) is 8.79. The lowest BCUT2D eigenvalue weighted by molar-refractivity contribution is -0.0386. The molecule has 0 radical (unpaired) electrons. The van der Waals surface area contributed by atoms with Crippen LogP contribution in [0.15, 0.2) is 30.3 Å². The first kappa shape index (κ1) is 22.4. The average Bonchev–Trinajstić information content (AvgIpc) is 2.96. The van der Waals surface area contributed by atoms with E-state index in [2.05, 4.69) is 10.6 Å². The summed E-state index contributed by atoms with van der Waals surface area (Å²) >= 11 is 6.73. The number of esters is 1. The maximum absolute atomic E-state index is 13.0. The third kappa shape index (κ3) is 5.44. The van der Waals surface area contributed by atoms with E-state index in [1.165, 1.54) is 11.3 Å². The van der Waals surface area contributed by atoms with Crippen molar-refractivity contribution in [2.75, 3.05) is 5.32 Å². The number of carbonyl (C=O) groups excluding carboxylic acids is 2. The van der Waals surface area contributed by atoms with Gasteiger partial charge in [0.15, 0.2) is 5.11 Å². The second-order valence-electron chi connectivity index (χ2n) is 8.71. The first-order valence-electron chi connectivity index (χ1n) is 9.64. The highest BCUT2D eigenvalue weighted by Crippen LogP contribution is 2.41. The van der Waals surface area contributed by atoms with Crippen LogP contribution in [0.25, 0.3) is 0 Å². The molecule has 1 amide bonds. The van der Waals surface area contributed by atoms with Gasteiger partial charge in [-0.2, -0.15) is 0 Å². The summed E-state index contributed by atoms with van der Waals surface area (Å²) in [5.41, 5.74) is 0.841. The third-order valence-electron chi connectivity index (χ3n) is 4.38. The third-order valence-corrected chi connectivity index (χ3v) is 5.71. The van der Waals surface area contributed by atoms with E-state index in [-0.39, 0.29) is 16.6 Å². The smallest absolute Gasteiger partial charge is 0.341 e. The lowest BCUT2D eigenvalue weighted by Crippen LogP contribution is -2.35. The quantitative estimate of drug-likeness (QED) is 0.527. The van der Waals surface area contributed by atoms with Gasteiger partial charge in [-0.05, 0) is 64.5 Å². The molecule has 0 fully saturated rings. The Bertz CT molecular complexity index is 975. The molecule has 0 unspecified atom stereocenters. The van der Waals surface area contributed by atoms with Crippen LogP contribution in [0.3, 0.4) is 0 Å². The predicted octanol–water partition coefficient (Wildman–Crippen LogP) is 4.68. The van der Waals surface area contributed by atoms with Crippen molar-refractivity contribution in [3.05, 3.63) is 51.9 Å².